The summed E-state index contributed by atoms with van der Waals surface area (Å²) in [5.41, 5.74) is 2.21. The Labute approximate surface area is 154 Å². The first-order valence-electron chi connectivity index (χ1n) is 9.48. The molecule has 2 aliphatic heterocycles. The van der Waals surface area contributed by atoms with Crippen LogP contribution in [0.1, 0.15) is 24.2 Å². The molecular formula is C19H27N5O2. The molecule has 1 atom stereocenters. The van der Waals surface area contributed by atoms with E-state index in [1.165, 1.54) is 5.69 Å². The van der Waals surface area contributed by atoms with Crippen LogP contribution in [0.3, 0.4) is 0 Å². The molecule has 7 nitrogen and oxygen atoms in total. The van der Waals surface area contributed by atoms with Crippen molar-refractivity contribution >= 4 is 0 Å². The lowest BCUT2D eigenvalue weighted by Crippen LogP contribution is -2.36. The summed E-state index contributed by atoms with van der Waals surface area (Å²) in [6.07, 6.45) is 7.99. The fourth-order valence-electron chi connectivity index (χ4n) is 3.87. The van der Waals surface area contributed by atoms with Gasteiger partial charge in [-0.15, -0.1) is 0 Å². The average molecular weight is 357 g/mol. The van der Waals surface area contributed by atoms with Gasteiger partial charge in [0.25, 0.3) is 0 Å². The van der Waals surface area contributed by atoms with Gasteiger partial charge in [-0.2, -0.15) is 0 Å². The van der Waals surface area contributed by atoms with Crippen molar-refractivity contribution in [3.8, 4) is 6.01 Å². The van der Waals surface area contributed by atoms with E-state index in [9.17, 15) is 0 Å². The van der Waals surface area contributed by atoms with Crippen LogP contribution in [0.4, 0.5) is 0 Å². The van der Waals surface area contributed by atoms with E-state index in [4.69, 9.17) is 9.47 Å². The normalized spacial score (nSPS) is 22.0. The zero-order chi connectivity index (χ0) is 17.8. The van der Waals surface area contributed by atoms with Gasteiger partial charge in [-0.3, -0.25) is 4.90 Å². The third-order valence-corrected chi connectivity index (χ3v) is 5.23. The minimum absolute atomic E-state index is 0.384. The zero-order valence-electron chi connectivity index (χ0n) is 15.4. The number of fused-ring (bicyclic) bond motifs is 1. The van der Waals surface area contributed by atoms with Crippen molar-refractivity contribution in [2.24, 2.45) is 11.8 Å². The van der Waals surface area contributed by atoms with Gasteiger partial charge < -0.3 is 14.0 Å². The number of rotatable bonds is 5. The van der Waals surface area contributed by atoms with E-state index in [2.05, 4.69) is 24.4 Å². The summed E-state index contributed by atoms with van der Waals surface area (Å²) in [7, 11) is 0. The van der Waals surface area contributed by atoms with Crippen LogP contribution >= 0.6 is 0 Å². The van der Waals surface area contributed by atoms with Crippen LogP contribution in [0.2, 0.25) is 0 Å². The Morgan fingerprint density at radius 3 is 2.96 bits per heavy atom. The summed E-state index contributed by atoms with van der Waals surface area (Å²) >= 11 is 0. The molecule has 0 amide bonds. The maximum Gasteiger partial charge on any atom is 0.316 e. The summed E-state index contributed by atoms with van der Waals surface area (Å²) in [5.74, 6) is 1.11. The molecule has 1 fully saturated rings. The van der Waals surface area contributed by atoms with Crippen LogP contribution in [0.5, 0.6) is 6.01 Å². The van der Waals surface area contributed by atoms with Gasteiger partial charge in [0.05, 0.1) is 18.6 Å². The molecule has 0 spiro atoms. The van der Waals surface area contributed by atoms with Gasteiger partial charge in [-0.25, -0.2) is 15.0 Å². The molecule has 2 aromatic rings. The Bertz CT molecular complexity index is 713. The maximum absolute atomic E-state index is 5.91. The summed E-state index contributed by atoms with van der Waals surface area (Å²) in [5, 5.41) is 0. The van der Waals surface area contributed by atoms with Crippen molar-refractivity contribution in [1.82, 2.24) is 24.4 Å². The van der Waals surface area contributed by atoms with Gasteiger partial charge in [-0.1, -0.05) is 0 Å². The van der Waals surface area contributed by atoms with E-state index in [1.54, 1.807) is 6.20 Å². The van der Waals surface area contributed by atoms with Crippen molar-refractivity contribution in [3.05, 3.63) is 36.2 Å². The molecule has 1 saturated heterocycles. The minimum Gasteiger partial charge on any atom is -0.463 e. The van der Waals surface area contributed by atoms with Crippen molar-refractivity contribution < 1.29 is 9.47 Å². The monoisotopic (exact) mass is 357 g/mol. The van der Waals surface area contributed by atoms with Crippen molar-refractivity contribution in [3.63, 3.8) is 0 Å². The maximum atomic E-state index is 5.91. The summed E-state index contributed by atoms with van der Waals surface area (Å²) in [4.78, 5) is 15.5. The van der Waals surface area contributed by atoms with E-state index < -0.39 is 0 Å². The summed E-state index contributed by atoms with van der Waals surface area (Å²) in [6, 6.07) is 2.35. The molecule has 2 aromatic heterocycles. The molecule has 0 aliphatic carbocycles. The first-order valence-corrected chi connectivity index (χ1v) is 9.48. The van der Waals surface area contributed by atoms with Gasteiger partial charge in [0.2, 0.25) is 0 Å². The molecule has 140 valence electrons. The highest BCUT2D eigenvalue weighted by Crippen LogP contribution is 2.22. The van der Waals surface area contributed by atoms with E-state index >= 15 is 0 Å². The number of aromatic nitrogens is 4. The molecule has 2 aliphatic rings. The third-order valence-electron chi connectivity index (χ3n) is 5.23. The van der Waals surface area contributed by atoms with Gasteiger partial charge in [0.15, 0.2) is 0 Å². The molecule has 0 N–H and O–H groups in total. The second-order valence-corrected chi connectivity index (χ2v) is 7.44. The standard InChI is InChI=1S/C19H27N5O2/c1-15-2-5-21-19(22-15)26-13-17-10-23(9-16-3-6-25-7-4-16)12-18-8-20-14-24(18)11-17/h2,5,8,14,16-17H,3-4,6-7,9-13H2,1H3/t17-/m0/s1. The lowest BCUT2D eigenvalue weighted by Gasteiger charge is -2.30. The highest BCUT2D eigenvalue weighted by atomic mass is 16.5. The highest BCUT2D eigenvalue weighted by molar-refractivity contribution is 5.04. The first kappa shape index (κ1) is 17.4. The Morgan fingerprint density at radius 1 is 1.23 bits per heavy atom. The molecular weight excluding hydrogens is 330 g/mol. The van der Waals surface area contributed by atoms with Crippen LogP contribution in [-0.4, -0.2) is 57.3 Å². The molecule has 0 unspecified atom stereocenters. The Kier molecular flexibility index (Phi) is 5.45. The molecule has 0 bridgehead atoms. The van der Waals surface area contributed by atoms with Gasteiger partial charge in [0, 0.05) is 63.4 Å². The number of ether oxygens (including phenoxy) is 2. The molecule has 4 heterocycles. The lowest BCUT2D eigenvalue weighted by molar-refractivity contribution is 0.0477. The van der Waals surface area contributed by atoms with Crippen LogP contribution in [-0.2, 0) is 17.8 Å². The Morgan fingerprint density at radius 2 is 2.12 bits per heavy atom. The lowest BCUT2D eigenvalue weighted by atomic mass is 9.99. The quantitative estimate of drug-likeness (QED) is 0.815. The van der Waals surface area contributed by atoms with Gasteiger partial charge >= 0.3 is 6.01 Å². The molecule has 0 radical (unpaired) electrons. The van der Waals surface area contributed by atoms with E-state index in [0.29, 0.717) is 18.5 Å². The van der Waals surface area contributed by atoms with Crippen LogP contribution in [0, 0.1) is 18.8 Å². The van der Waals surface area contributed by atoms with Crippen molar-refractivity contribution in [2.45, 2.75) is 32.9 Å². The second-order valence-electron chi connectivity index (χ2n) is 7.44. The number of imidazole rings is 1. The predicted molar refractivity (Wildman–Crippen MR) is 96.8 cm³/mol. The predicted octanol–water partition coefficient (Wildman–Crippen LogP) is 1.92. The average Bonchev–Trinajstić information content (AvgIpc) is 3.00. The minimum atomic E-state index is 0.384. The second kappa shape index (κ2) is 8.14. The molecule has 26 heavy (non-hydrogen) atoms. The Hall–Kier alpha value is -1.99. The summed E-state index contributed by atoms with van der Waals surface area (Å²) < 4.78 is 13.7. The van der Waals surface area contributed by atoms with Gasteiger partial charge in [0.1, 0.15) is 0 Å². The molecule has 0 saturated carbocycles. The van der Waals surface area contributed by atoms with Crippen LogP contribution < -0.4 is 4.74 Å². The van der Waals surface area contributed by atoms with E-state index in [0.717, 1.165) is 63.8 Å². The van der Waals surface area contributed by atoms with E-state index in [1.807, 2.05) is 25.5 Å². The van der Waals surface area contributed by atoms with Crippen molar-refractivity contribution in [1.29, 1.82) is 0 Å². The van der Waals surface area contributed by atoms with Crippen LogP contribution in [0.15, 0.2) is 24.8 Å². The molecule has 7 heteroatoms. The van der Waals surface area contributed by atoms with Gasteiger partial charge in [-0.05, 0) is 31.7 Å². The number of nitrogens with zero attached hydrogens (tertiary/aromatic N) is 5. The smallest absolute Gasteiger partial charge is 0.316 e. The van der Waals surface area contributed by atoms with Crippen LogP contribution in [0.25, 0.3) is 0 Å². The number of aryl methyl sites for hydroxylation is 1. The summed E-state index contributed by atoms with van der Waals surface area (Å²) in [6.45, 7) is 8.37. The third kappa shape index (κ3) is 4.40. The topological polar surface area (TPSA) is 65.3 Å². The Balaban J connectivity index is 1.41. The van der Waals surface area contributed by atoms with Crippen molar-refractivity contribution in [2.75, 3.05) is 32.9 Å². The zero-order valence-corrected chi connectivity index (χ0v) is 15.4. The fraction of sp³-hybridized carbons (Fsp3) is 0.632. The number of hydrogen-bond donors (Lipinski definition) is 0. The van der Waals surface area contributed by atoms with E-state index in [-0.39, 0.29) is 0 Å². The number of hydrogen-bond acceptors (Lipinski definition) is 6. The SMILES string of the molecule is Cc1ccnc(OC[C@H]2CN(CC3CCOCC3)Cc3cncn3C2)n1. The molecule has 4 rings (SSSR count). The molecule has 0 aromatic carbocycles. The fourth-order valence-corrected chi connectivity index (χ4v) is 3.87. The first-order chi connectivity index (χ1) is 12.8. The highest BCUT2D eigenvalue weighted by Gasteiger charge is 2.25. The largest absolute Gasteiger partial charge is 0.463 e.